The molecule has 0 aromatic heterocycles. The first-order chi connectivity index (χ1) is 12.7. The Balaban J connectivity index is 2.65. The fraction of sp³-hybridized carbons (Fsp3) is 0.667. The van der Waals surface area contributed by atoms with E-state index in [1.807, 2.05) is 19.1 Å². The van der Waals surface area contributed by atoms with Gasteiger partial charge in [-0.05, 0) is 43.6 Å². The van der Waals surface area contributed by atoms with Crippen molar-refractivity contribution in [3.63, 3.8) is 0 Å². The van der Waals surface area contributed by atoms with Crippen LogP contribution in [0, 0.1) is 17.8 Å². The Morgan fingerprint density at radius 2 is 1.96 bits per heavy atom. The molecule has 0 heterocycles. The lowest BCUT2D eigenvalue weighted by atomic mass is 9.87. The van der Waals surface area contributed by atoms with E-state index in [1.54, 1.807) is 6.92 Å². The number of carboxylic acid groups (broad SMARTS) is 1. The number of carboxylic acids is 1. The minimum Gasteiger partial charge on any atom is -0.481 e. The van der Waals surface area contributed by atoms with Gasteiger partial charge in [0.2, 0.25) is 5.78 Å². The molecule has 1 N–H and O–H groups in total. The van der Waals surface area contributed by atoms with Crippen LogP contribution in [0.2, 0.25) is 0 Å². The van der Waals surface area contributed by atoms with E-state index in [2.05, 4.69) is 0 Å². The minimum absolute atomic E-state index is 0.0104. The lowest BCUT2D eigenvalue weighted by Crippen LogP contribution is -2.27. The molecule has 6 heteroatoms. The van der Waals surface area contributed by atoms with Crippen molar-refractivity contribution >= 4 is 17.5 Å². The summed E-state index contributed by atoms with van der Waals surface area (Å²) in [6, 6.07) is 0. The Labute approximate surface area is 159 Å². The van der Waals surface area contributed by atoms with Crippen molar-refractivity contribution in [1.29, 1.82) is 0 Å². The highest BCUT2D eigenvalue weighted by atomic mass is 19.3. The number of rotatable bonds is 12. The molecule has 3 atom stereocenters. The SMILES string of the molecule is CCCCC(F)(F)C(=O)C=C[C@H]1[C@H](C)CC(=O)[C@@H]1CC=CCCCC(=O)O. The summed E-state index contributed by atoms with van der Waals surface area (Å²) in [5.41, 5.74) is 0. The van der Waals surface area contributed by atoms with Crippen molar-refractivity contribution in [1.82, 2.24) is 0 Å². The predicted molar refractivity (Wildman–Crippen MR) is 99.6 cm³/mol. The number of hydrogen-bond donors (Lipinski definition) is 1. The lowest BCUT2D eigenvalue weighted by Gasteiger charge is -2.17. The third-order valence-corrected chi connectivity index (χ3v) is 5.05. The zero-order valence-corrected chi connectivity index (χ0v) is 16.1. The van der Waals surface area contributed by atoms with Crippen LogP contribution in [0.15, 0.2) is 24.3 Å². The van der Waals surface area contributed by atoms with Gasteiger partial charge in [-0.1, -0.05) is 38.5 Å². The number of ketones is 2. The first-order valence-corrected chi connectivity index (χ1v) is 9.69. The van der Waals surface area contributed by atoms with Crippen molar-refractivity contribution in [2.45, 2.75) is 71.1 Å². The topological polar surface area (TPSA) is 71.4 Å². The second-order valence-electron chi connectivity index (χ2n) is 7.36. The molecule has 1 saturated carbocycles. The average Bonchev–Trinajstić information content (AvgIpc) is 2.86. The first kappa shape index (κ1) is 23.2. The summed E-state index contributed by atoms with van der Waals surface area (Å²) in [6.45, 7) is 3.69. The fourth-order valence-corrected chi connectivity index (χ4v) is 3.40. The molecule has 0 aromatic rings. The van der Waals surface area contributed by atoms with Crippen molar-refractivity contribution in [3.8, 4) is 0 Å². The molecular weight excluding hydrogens is 354 g/mol. The fourth-order valence-electron chi connectivity index (χ4n) is 3.40. The minimum atomic E-state index is -3.35. The van der Waals surface area contributed by atoms with E-state index in [1.165, 1.54) is 6.08 Å². The summed E-state index contributed by atoms with van der Waals surface area (Å²) in [4.78, 5) is 34.5. The van der Waals surface area contributed by atoms with Gasteiger partial charge in [0.05, 0.1) is 0 Å². The zero-order valence-electron chi connectivity index (χ0n) is 16.1. The van der Waals surface area contributed by atoms with Crippen LogP contribution < -0.4 is 0 Å². The summed E-state index contributed by atoms with van der Waals surface area (Å²) in [5.74, 6) is -5.83. The van der Waals surface area contributed by atoms with Gasteiger partial charge in [0, 0.05) is 25.2 Å². The largest absolute Gasteiger partial charge is 0.481 e. The van der Waals surface area contributed by atoms with Crippen LogP contribution in [-0.2, 0) is 14.4 Å². The number of carbonyl (C=O) groups is 3. The van der Waals surface area contributed by atoms with Crippen LogP contribution >= 0.6 is 0 Å². The average molecular weight is 384 g/mol. The van der Waals surface area contributed by atoms with Gasteiger partial charge in [-0.15, -0.1) is 0 Å². The summed E-state index contributed by atoms with van der Waals surface area (Å²) in [5, 5.41) is 8.59. The third-order valence-electron chi connectivity index (χ3n) is 5.05. The summed E-state index contributed by atoms with van der Waals surface area (Å²) in [6.07, 6.45) is 8.69. The smallest absolute Gasteiger partial charge is 0.309 e. The van der Waals surface area contributed by atoms with Crippen molar-refractivity contribution in [2.75, 3.05) is 0 Å². The molecule has 27 heavy (non-hydrogen) atoms. The van der Waals surface area contributed by atoms with Crippen molar-refractivity contribution < 1.29 is 28.3 Å². The van der Waals surface area contributed by atoms with E-state index in [4.69, 9.17) is 5.11 Å². The van der Waals surface area contributed by atoms with Crippen LogP contribution in [0.1, 0.15) is 65.2 Å². The van der Waals surface area contributed by atoms with Gasteiger partial charge in [-0.3, -0.25) is 14.4 Å². The maximum atomic E-state index is 13.8. The second-order valence-corrected chi connectivity index (χ2v) is 7.36. The van der Waals surface area contributed by atoms with E-state index < -0.39 is 24.1 Å². The number of aliphatic carboxylic acids is 1. The predicted octanol–water partition coefficient (Wildman–Crippen LogP) is 4.98. The molecule has 1 rings (SSSR count). The van der Waals surface area contributed by atoms with E-state index in [-0.39, 0.29) is 30.0 Å². The molecule has 0 bridgehead atoms. The van der Waals surface area contributed by atoms with Gasteiger partial charge < -0.3 is 5.11 Å². The molecular formula is C21H30F2O4. The summed E-state index contributed by atoms with van der Waals surface area (Å²) in [7, 11) is 0. The van der Waals surface area contributed by atoms with Gasteiger partial charge in [-0.25, -0.2) is 0 Å². The van der Waals surface area contributed by atoms with Gasteiger partial charge in [0.1, 0.15) is 5.78 Å². The molecule has 1 aliphatic rings. The zero-order chi connectivity index (χ0) is 20.4. The monoisotopic (exact) mass is 384 g/mol. The van der Waals surface area contributed by atoms with E-state index >= 15 is 0 Å². The molecule has 0 saturated heterocycles. The second kappa shape index (κ2) is 11.1. The number of Topliss-reactive ketones (excluding diaryl/α,β-unsaturated/α-hetero) is 1. The number of carbonyl (C=O) groups excluding carboxylic acids is 2. The number of unbranched alkanes of at least 4 members (excludes halogenated alkanes) is 2. The van der Waals surface area contributed by atoms with Crippen LogP contribution in [0.25, 0.3) is 0 Å². The van der Waals surface area contributed by atoms with E-state index in [0.29, 0.717) is 38.5 Å². The Bertz CT molecular complexity index is 581. The van der Waals surface area contributed by atoms with E-state index in [9.17, 15) is 23.2 Å². The van der Waals surface area contributed by atoms with Crippen molar-refractivity contribution in [2.24, 2.45) is 17.8 Å². The van der Waals surface area contributed by atoms with Gasteiger partial charge in [0.25, 0.3) is 0 Å². The third kappa shape index (κ3) is 7.73. The van der Waals surface area contributed by atoms with Gasteiger partial charge in [0.15, 0.2) is 0 Å². The number of hydrogen-bond acceptors (Lipinski definition) is 3. The molecule has 0 aromatic carbocycles. The summed E-state index contributed by atoms with van der Waals surface area (Å²) >= 11 is 0. The Morgan fingerprint density at radius 3 is 2.59 bits per heavy atom. The lowest BCUT2D eigenvalue weighted by molar-refractivity contribution is -0.138. The first-order valence-electron chi connectivity index (χ1n) is 9.69. The highest BCUT2D eigenvalue weighted by molar-refractivity contribution is 5.95. The number of alkyl halides is 2. The molecule has 0 spiro atoms. The van der Waals surface area contributed by atoms with E-state index in [0.717, 1.165) is 6.08 Å². The highest BCUT2D eigenvalue weighted by Crippen LogP contribution is 2.38. The molecule has 0 radical (unpaired) electrons. The Kier molecular flexibility index (Phi) is 9.53. The maximum Gasteiger partial charge on any atom is 0.309 e. The summed E-state index contributed by atoms with van der Waals surface area (Å²) < 4.78 is 27.6. The highest BCUT2D eigenvalue weighted by Gasteiger charge is 2.39. The maximum absolute atomic E-state index is 13.8. The molecule has 152 valence electrons. The molecule has 0 amide bonds. The van der Waals surface area contributed by atoms with Gasteiger partial charge >= 0.3 is 11.9 Å². The number of halogens is 2. The number of allylic oxidation sites excluding steroid dienone is 4. The standard InChI is InChI=1S/C21H30F2O4/c1-3-4-13-21(22,23)19(25)12-11-16-15(2)14-18(24)17(16)9-7-5-6-8-10-20(26)27/h5,7,11-12,15-17H,3-4,6,8-10,13-14H2,1-2H3,(H,26,27)/t15-,16+,17-/m1/s1. The van der Waals surface area contributed by atoms with Gasteiger partial charge in [-0.2, -0.15) is 8.78 Å². The molecule has 0 unspecified atom stereocenters. The molecule has 4 nitrogen and oxygen atoms in total. The molecule has 1 fully saturated rings. The van der Waals surface area contributed by atoms with Crippen LogP contribution in [0.5, 0.6) is 0 Å². The van der Waals surface area contributed by atoms with Crippen LogP contribution in [-0.4, -0.2) is 28.6 Å². The quantitative estimate of drug-likeness (QED) is 0.293. The van der Waals surface area contributed by atoms with Crippen molar-refractivity contribution in [3.05, 3.63) is 24.3 Å². The normalized spacial score (nSPS) is 23.6. The Hall–Kier alpha value is -1.85. The Morgan fingerprint density at radius 1 is 1.26 bits per heavy atom. The molecule has 0 aliphatic heterocycles. The molecule has 1 aliphatic carbocycles. The van der Waals surface area contributed by atoms with Crippen LogP contribution in [0.4, 0.5) is 8.78 Å². The van der Waals surface area contributed by atoms with Crippen LogP contribution in [0.3, 0.4) is 0 Å².